The van der Waals surface area contributed by atoms with Crippen LogP contribution in [0.5, 0.6) is 23.0 Å². The van der Waals surface area contributed by atoms with Crippen LogP contribution in [-0.4, -0.2) is 89.0 Å². The van der Waals surface area contributed by atoms with Gasteiger partial charge in [-0.05, 0) is 143 Å². The quantitative estimate of drug-likeness (QED) is 0.0731. The molecule has 0 saturated carbocycles. The number of nitrogens with zero attached hydrogens (tertiary/aromatic N) is 7. The molecular weight excluding hydrogens is 902 g/mol. The van der Waals surface area contributed by atoms with Gasteiger partial charge in [-0.2, -0.15) is 0 Å². The molecular formula is C60H66FN7O4. The van der Waals surface area contributed by atoms with Gasteiger partial charge < -0.3 is 23.5 Å². The molecule has 372 valence electrons. The van der Waals surface area contributed by atoms with Crippen LogP contribution in [0.4, 0.5) is 15.8 Å². The molecule has 2 aliphatic heterocycles. The smallest absolute Gasteiger partial charge is 0.147 e. The SMILES string of the molecule is CCOc1cc(CN2CCC(N(c3cnc4ccccc4c3)N(c3cnc4ccccc4c3)C3CCN(Cc4cc(OCC)c(-n5cccc5)c(OCC)c4)CC3)CC2)cc(OCC)c1-c1ccc(F)cc1. The number of aromatic nitrogens is 3. The molecule has 8 aromatic rings. The fourth-order valence-corrected chi connectivity index (χ4v) is 10.7. The summed E-state index contributed by atoms with van der Waals surface area (Å²) in [5.41, 5.74) is 9.07. The van der Waals surface area contributed by atoms with E-state index in [0.29, 0.717) is 26.4 Å². The van der Waals surface area contributed by atoms with Gasteiger partial charge >= 0.3 is 0 Å². The maximum Gasteiger partial charge on any atom is 0.147 e. The Morgan fingerprint density at radius 3 is 1.38 bits per heavy atom. The number of hydrazine groups is 1. The van der Waals surface area contributed by atoms with Crippen molar-refractivity contribution in [3.63, 3.8) is 0 Å². The number of pyridine rings is 2. The van der Waals surface area contributed by atoms with Gasteiger partial charge in [-0.3, -0.25) is 29.8 Å². The van der Waals surface area contributed by atoms with Crippen molar-refractivity contribution in [3.8, 4) is 39.8 Å². The zero-order valence-electron chi connectivity index (χ0n) is 42.1. The molecule has 2 saturated heterocycles. The van der Waals surface area contributed by atoms with Crippen molar-refractivity contribution < 1.29 is 23.3 Å². The van der Waals surface area contributed by atoms with E-state index < -0.39 is 0 Å². The number of piperidine rings is 2. The fraction of sp³-hybridized carbons (Fsp3) is 0.333. The van der Waals surface area contributed by atoms with Gasteiger partial charge in [0.1, 0.15) is 34.5 Å². The highest BCUT2D eigenvalue weighted by Crippen LogP contribution is 2.42. The van der Waals surface area contributed by atoms with Gasteiger partial charge in [0, 0.05) is 62.4 Å². The molecule has 5 heterocycles. The summed E-state index contributed by atoms with van der Waals surface area (Å²) in [6.07, 6.45) is 12.0. The minimum atomic E-state index is -0.275. The van der Waals surface area contributed by atoms with Crippen LogP contribution >= 0.6 is 0 Å². The summed E-state index contributed by atoms with van der Waals surface area (Å²) in [5.74, 6) is 2.88. The van der Waals surface area contributed by atoms with Gasteiger partial charge in [0.2, 0.25) is 0 Å². The lowest BCUT2D eigenvalue weighted by Crippen LogP contribution is -2.59. The summed E-state index contributed by atoms with van der Waals surface area (Å²) in [6.45, 7) is 15.4. The lowest BCUT2D eigenvalue weighted by atomic mass is 9.98. The molecule has 0 bridgehead atoms. The van der Waals surface area contributed by atoms with E-state index in [1.807, 2.05) is 52.2 Å². The van der Waals surface area contributed by atoms with Crippen molar-refractivity contribution >= 4 is 33.2 Å². The second kappa shape index (κ2) is 22.5. The highest BCUT2D eigenvalue weighted by Gasteiger charge is 2.36. The van der Waals surface area contributed by atoms with Gasteiger partial charge in [-0.1, -0.05) is 48.5 Å². The molecule has 2 aliphatic rings. The third-order valence-corrected chi connectivity index (χ3v) is 14.0. The Labute approximate surface area is 423 Å². The first-order chi connectivity index (χ1) is 35.4. The molecule has 0 unspecified atom stereocenters. The average molecular weight is 968 g/mol. The predicted molar refractivity (Wildman–Crippen MR) is 287 cm³/mol. The van der Waals surface area contributed by atoms with E-state index in [0.717, 1.165) is 144 Å². The number of hydrogen-bond donors (Lipinski definition) is 0. The number of likely N-dealkylation sites (tertiary alicyclic amines) is 2. The van der Waals surface area contributed by atoms with E-state index in [1.165, 1.54) is 17.7 Å². The molecule has 0 aliphatic carbocycles. The predicted octanol–water partition coefficient (Wildman–Crippen LogP) is 12.5. The number of hydrogen-bond acceptors (Lipinski definition) is 10. The van der Waals surface area contributed by atoms with E-state index in [-0.39, 0.29) is 17.9 Å². The second-order valence-electron chi connectivity index (χ2n) is 18.7. The Kier molecular flexibility index (Phi) is 15.2. The average Bonchev–Trinajstić information content (AvgIpc) is 3.94. The molecule has 0 N–H and O–H groups in total. The molecule has 72 heavy (non-hydrogen) atoms. The number of anilines is 2. The van der Waals surface area contributed by atoms with Crippen LogP contribution in [0.1, 0.15) is 64.5 Å². The molecule has 5 aromatic carbocycles. The standard InChI is InChI=1S/C60H66FN7O4/c1-5-69-55-33-43(34-56(70-6-2)59(55)45-19-21-48(61)22-20-45)41-64-29-23-49(24-30-64)67(51-37-46-15-9-11-17-53(46)62-39-51)68(52-38-47-16-10-12-18-54(47)63-40-52)50-25-31-65(32-26-50)42-44-35-57(71-7-3)60(58(36-44)72-8-4)66-27-13-14-28-66/h9-22,27-28,33-40,49-50H,5-8,23-26,29-32,41-42H2,1-4H3. The van der Waals surface area contributed by atoms with Gasteiger partial charge in [0.25, 0.3) is 0 Å². The Hall–Kier alpha value is -7.15. The Bertz CT molecular complexity index is 3010. The molecule has 0 atom stereocenters. The van der Waals surface area contributed by atoms with Crippen LogP contribution in [-0.2, 0) is 13.1 Å². The van der Waals surface area contributed by atoms with Gasteiger partial charge in [0.15, 0.2) is 0 Å². The van der Waals surface area contributed by atoms with Crippen molar-refractivity contribution in [2.24, 2.45) is 0 Å². The van der Waals surface area contributed by atoms with E-state index in [4.69, 9.17) is 28.9 Å². The Morgan fingerprint density at radius 2 is 0.931 bits per heavy atom. The lowest BCUT2D eigenvalue weighted by molar-refractivity contribution is 0.183. The van der Waals surface area contributed by atoms with Crippen LogP contribution in [0.2, 0.25) is 0 Å². The number of ether oxygens (including phenoxy) is 4. The Morgan fingerprint density at radius 1 is 0.514 bits per heavy atom. The normalized spacial score (nSPS) is 15.0. The van der Waals surface area contributed by atoms with Crippen molar-refractivity contribution in [2.45, 2.75) is 78.6 Å². The molecule has 2 fully saturated rings. The minimum absolute atomic E-state index is 0.181. The summed E-state index contributed by atoms with van der Waals surface area (Å²) in [6, 6.07) is 41.1. The van der Waals surface area contributed by atoms with Gasteiger partial charge in [0.05, 0.1) is 78.9 Å². The second-order valence-corrected chi connectivity index (χ2v) is 18.7. The zero-order valence-corrected chi connectivity index (χ0v) is 42.1. The van der Waals surface area contributed by atoms with E-state index >= 15 is 0 Å². The lowest BCUT2D eigenvalue weighted by Gasteiger charge is -2.50. The number of para-hydroxylation sites is 2. The number of benzene rings is 5. The zero-order chi connectivity index (χ0) is 49.4. The fourth-order valence-electron chi connectivity index (χ4n) is 10.7. The molecule has 0 radical (unpaired) electrons. The van der Waals surface area contributed by atoms with E-state index in [9.17, 15) is 4.39 Å². The van der Waals surface area contributed by atoms with Crippen molar-refractivity contribution in [1.29, 1.82) is 0 Å². The summed E-state index contributed by atoms with van der Waals surface area (Å²) < 4.78 is 41.2. The van der Waals surface area contributed by atoms with E-state index in [1.54, 1.807) is 12.1 Å². The molecule has 3 aromatic heterocycles. The van der Waals surface area contributed by atoms with Crippen LogP contribution in [0.3, 0.4) is 0 Å². The molecule has 0 amide bonds. The first-order valence-electron chi connectivity index (χ1n) is 25.9. The van der Waals surface area contributed by atoms with Crippen LogP contribution in [0.25, 0.3) is 38.6 Å². The molecule has 10 rings (SSSR count). The summed E-state index contributed by atoms with van der Waals surface area (Å²) in [7, 11) is 0. The maximum absolute atomic E-state index is 14.0. The van der Waals surface area contributed by atoms with Crippen LogP contribution in [0, 0.1) is 5.82 Å². The van der Waals surface area contributed by atoms with Crippen LogP contribution in [0.15, 0.2) is 146 Å². The largest absolute Gasteiger partial charge is 0.493 e. The Balaban J connectivity index is 0.948. The summed E-state index contributed by atoms with van der Waals surface area (Å²) in [4.78, 5) is 15.3. The first-order valence-corrected chi connectivity index (χ1v) is 25.9. The molecule has 11 nitrogen and oxygen atoms in total. The number of fused-ring (bicyclic) bond motifs is 2. The highest BCUT2D eigenvalue weighted by molar-refractivity contribution is 5.84. The first kappa shape index (κ1) is 48.5. The topological polar surface area (TPSA) is 80.6 Å². The third-order valence-electron chi connectivity index (χ3n) is 14.0. The van der Waals surface area contributed by atoms with Crippen molar-refractivity contribution in [2.75, 3.05) is 62.6 Å². The van der Waals surface area contributed by atoms with Gasteiger partial charge in [-0.15, -0.1) is 0 Å². The number of rotatable bonds is 19. The summed E-state index contributed by atoms with van der Waals surface area (Å²) >= 11 is 0. The number of halogens is 1. The molecule has 0 spiro atoms. The monoisotopic (exact) mass is 968 g/mol. The third kappa shape index (κ3) is 10.7. The van der Waals surface area contributed by atoms with E-state index in [2.05, 4.69) is 122 Å². The maximum atomic E-state index is 14.0. The van der Waals surface area contributed by atoms with Crippen LogP contribution < -0.4 is 29.0 Å². The molecule has 12 heteroatoms. The minimum Gasteiger partial charge on any atom is -0.493 e. The van der Waals surface area contributed by atoms with Gasteiger partial charge in [-0.25, -0.2) is 4.39 Å². The highest BCUT2D eigenvalue weighted by atomic mass is 19.1. The van der Waals surface area contributed by atoms with Crippen molar-refractivity contribution in [3.05, 3.63) is 163 Å². The van der Waals surface area contributed by atoms with Crippen molar-refractivity contribution in [1.82, 2.24) is 24.3 Å². The summed E-state index contributed by atoms with van der Waals surface area (Å²) in [5, 5.41) is 7.41.